The molecule has 8 nitrogen and oxygen atoms in total. The summed E-state index contributed by atoms with van der Waals surface area (Å²) in [6.07, 6.45) is 4.54. The number of amides is 2. The minimum atomic E-state index is -1.94. The van der Waals surface area contributed by atoms with Crippen LogP contribution in [0.4, 0.5) is 0 Å². The second-order valence-corrected chi connectivity index (χ2v) is 8.36. The molecule has 2 heterocycles. The van der Waals surface area contributed by atoms with Gasteiger partial charge in [0.15, 0.2) is 5.76 Å². The molecule has 160 valence electrons. The quantitative estimate of drug-likeness (QED) is 0.230. The zero-order chi connectivity index (χ0) is 22.3. The van der Waals surface area contributed by atoms with Crippen molar-refractivity contribution >= 4 is 52.8 Å². The van der Waals surface area contributed by atoms with Gasteiger partial charge in [0.05, 0.1) is 12.5 Å². The van der Waals surface area contributed by atoms with Crippen molar-refractivity contribution in [3.8, 4) is 5.75 Å². The highest BCUT2D eigenvalue weighted by molar-refractivity contribution is 6.68. The highest BCUT2D eigenvalue weighted by Gasteiger charge is 2.36. The molecule has 0 bridgehead atoms. The zero-order valence-corrected chi connectivity index (χ0v) is 17.9. The van der Waals surface area contributed by atoms with E-state index < -0.39 is 15.9 Å². The SMILES string of the molecule is O=C(N/N=C\c1ccc(O[C@@H](NC(=O)c2ccco2)C(Cl)(Cl)Cl)cc1)c1ccncc1. The van der Waals surface area contributed by atoms with Crippen LogP contribution in [0.25, 0.3) is 0 Å². The molecule has 0 saturated carbocycles. The number of halogens is 3. The monoisotopic (exact) mass is 480 g/mol. The number of hydrazone groups is 1. The first-order valence-electron chi connectivity index (χ1n) is 8.74. The van der Waals surface area contributed by atoms with E-state index in [-0.39, 0.29) is 11.7 Å². The van der Waals surface area contributed by atoms with Gasteiger partial charge in [-0.25, -0.2) is 5.43 Å². The number of nitrogens with one attached hydrogen (secondary N) is 2. The Morgan fingerprint density at radius 3 is 2.39 bits per heavy atom. The van der Waals surface area contributed by atoms with Gasteiger partial charge < -0.3 is 14.5 Å². The fourth-order valence-corrected chi connectivity index (χ4v) is 2.58. The van der Waals surface area contributed by atoms with Gasteiger partial charge in [-0.1, -0.05) is 34.8 Å². The third kappa shape index (κ3) is 6.71. The van der Waals surface area contributed by atoms with E-state index in [9.17, 15) is 9.59 Å². The Morgan fingerprint density at radius 2 is 1.77 bits per heavy atom. The molecule has 1 aromatic carbocycles. The smallest absolute Gasteiger partial charge is 0.289 e. The Balaban J connectivity index is 1.60. The summed E-state index contributed by atoms with van der Waals surface area (Å²) >= 11 is 17.8. The van der Waals surface area contributed by atoms with Crippen LogP contribution in [0, 0.1) is 0 Å². The standard InChI is InChI=1S/C20H15Cl3N4O4/c21-20(22,23)19(26-18(29)16-2-1-11-30-16)31-15-5-3-13(4-6-15)12-25-27-17(28)14-7-9-24-10-8-14/h1-12,19H,(H,26,29)(H,27,28)/b25-12-/t19-/m1/s1. The molecule has 3 rings (SSSR count). The molecular formula is C20H15Cl3N4O4. The minimum absolute atomic E-state index is 0.0447. The van der Waals surface area contributed by atoms with E-state index in [1.807, 2.05) is 0 Å². The van der Waals surface area contributed by atoms with Crippen LogP contribution in [0.3, 0.4) is 0 Å². The molecule has 0 saturated heterocycles. The Kier molecular flexibility index (Phi) is 7.51. The van der Waals surface area contributed by atoms with Crippen LogP contribution < -0.4 is 15.5 Å². The molecule has 2 N–H and O–H groups in total. The molecule has 0 radical (unpaired) electrons. The number of ether oxygens (including phenoxy) is 1. The third-order valence-electron chi connectivity index (χ3n) is 3.76. The molecule has 0 fully saturated rings. The summed E-state index contributed by atoms with van der Waals surface area (Å²) in [6.45, 7) is 0. The van der Waals surface area contributed by atoms with Crippen LogP contribution in [-0.4, -0.2) is 33.0 Å². The van der Waals surface area contributed by atoms with E-state index in [0.717, 1.165) is 0 Å². The molecular weight excluding hydrogens is 467 g/mol. The number of carbonyl (C=O) groups excluding carboxylic acids is 2. The topological polar surface area (TPSA) is 106 Å². The Labute approximate surface area is 192 Å². The summed E-state index contributed by atoms with van der Waals surface area (Å²) in [4.78, 5) is 27.9. The fourth-order valence-electron chi connectivity index (χ4n) is 2.28. The highest BCUT2D eigenvalue weighted by atomic mass is 35.6. The molecule has 1 atom stereocenters. The average Bonchev–Trinajstić information content (AvgIpc) is 3.29. The van der Waals surface area contributed by atoms with E-state index >= 15 is 0 Å². The van der Waals surface area contributed by atoms with Gasteiger partial charge in [-0.05, 0) is 54.1 Å². The van der Waals surface area contributed by atoms with Crippen molar-refractivity contribution < 1.29 is 18.7 Å². The van der Waals surface area contributed by atoms with Crippen LogP contribution in [0.15, 0.2) is 76.7 Å². The van der Waals surface area contributed by atoms with Gasteiger partial charge in [-0.3, -0.25) is 14.6 Å². The van der Waals surface area contributed by atoms with E-state index in [1.165, 1.54) is 30.9 Å². The molecule has 2 amide bonds. The lowest BCUT2D eigenvalue weighted by Gasteiger charge is -2.25. The van der Waals surface area contributed by atoms with E-state index in [4.69, 9.17) is 44.0 Å². The first-order chi connectivity index (χ1) is 14.8. The largest absolute Gasteiger partial charge is 0.466 e. The summed E-state index contributed by atoms with van der Waals surface area (Å²) in [5.41, 5.74) is 3.52. The number of carbonyl (C=O) groups is 2. The van der Waals surface area contributed by atoms with Crippen molar-refractivity contribution in [2.24, 2.45) is 5.10 Å². The number of hydrogen-bond acceptors (Lipinski definition) is 6. The maximum Gasteiger partial charge on any atom is 0.289 e. The van der Waals surface area contributed by atoms with Crippen LogP contribution >= 0.6 is 34.8 Å². The number of alkyl halides is 3. The van der Waals surface area contributed by atoms with Gasteiger partial charge in [-0.15, -0.1) is 0 Å². The Hall–Kier alpha value is -3.07. The molecule has 2 aromatic heterocycles. The summed E-state index contributed by atoms with van der Waals surface area (Å²) in [6, 6.07) is 12.7. The number of pyridine rings is 1. The summed E-state index contributed by atoms with van der Waals surface area (Å²) in [5.74, 6) is -0.594. The minimum Gasteiger partial charge on any atom is -0.466 e. The van der Waals surface area contributed by atoms with Gasteiger partial charge in [0.2, 0.25) is 10.0 Å². The number of nitrogens with zero attached hydrogens (tertiary/aromatic N) is 2. The Morgan fingerprint density at radius 1 is 1.06 bits per heavy atom. The number of furan rings is 1. The van der Waals surface area contributed by atoms with Gasteiger partial charge in [0, 0.05) is 18.0 Å². The number of rotatable bonds is 7. The maximum atomic E-state index is 12.2. The molecule has 0 aliphatic rings. The van der Waals surface area contributed by atoms with E-state index in [2.05, 4.69) is 20.8 Å². The Bertz CT molecular complexity index is 1040. The molecule has 3 aromatic rings. The van der Waals surface area contributed by atoms with Gasteiger partial charge in [0.25, 0.3) is 11.8 Å². The van der Waals surface area contributed by atoms with Crippen LogP contribution in [0.1, 0.15) is 26.5 Å². The molecule has 0 aliphatic heterocycles. The average molecular weight is 482 g/mol. The van der Waals surface area contributed by atoms with E-state index in [0.29, 0.717) is 16.9 Å². The van der Waals surface area contributed by atoms with Crippen molar-refractivity contribution in [1.29, 1.82) is 0 Å². The molecule has 0 aliphatic carbocycles. The number of hydrogen-bond donors (Lipinski definition) is 2. The maximum absolute atomic E-state index is 12.2. The van der Waals surface area contributed by atoms with Crippen molar-refractivity contribution in [3.05, 3.63) is 84.1 Å². The van der Waals surface area contributed by atoms with Crippen LogP contribution in [0.2, 0.25) is 0 Å². The first-order valence-corrected chi connectivity index (χ1v) is 9.87. The van der Waals surface area contributed by atoms with Gasteiger partial charge in [0.1, 0.15) is 5.75 Å². The lowest BCUT2D eigenvalue weighted by Crippen LogP contribution is -2.47. The highest BCUT2D eigenvalue weighted by Crippen LogP contribution is 2.32. The molecule has 0 unspecified atom stereocenters. The van der Waals surface area contributed by atoms with Crippen molar-refractivity contribution in [2.45, 2.75) is 10.0 Å². The number of benzene rings is 1. The zero-order valence-electron chi connectivity index (χ0n) is 15.7. The predicted octanol–water partition coefficient (Wildman–Crippen LogP) is 3.94. The van der Waals surface area contributed by atoms with E-state index in [1.54, 1.807) is 42.5 Å². The third-order valence-corrected chi connectivity index (χ3v) is 4.36. The van der Waals surface area contributed by atoms with Crippen LogP contribution in [-0.2, 0) is 0 Å². The summed E-state index contributed by atoms with van der Waals surface area (Å²) in [5, 5.41) is 6.35. The van der Waals surface area contributed by atoms with Crippen molar-refractivity contribution in [3.63, 3.8) is 0 Å². The number of aromatic nitrogens is 1. The summed E-state index contributed by atoms with van der Waals surface area (Å²) < 4.78 is 8.68. The fraction of sp³-hybridized carbons (Fsp3) is 0.100. The predicted molar refractivity (Wildman–Crippen MR) is 117 cm³/mol. The van der Waals surface area contributed by atoms with Crippen molar-refractivity contribution in [2.75, 3.05) is 0 Å². The van der Waals surface area contributed by atoms with Gasteiger partial charge >= 0.3 is 0 Å². The molecule has 31 heavy (non-hydrogen) atoms. The second-order valence-electron chi connectivity index (χ2n) is 5.99. The first kappa shape index (κ1) is 22.6. The van der Waals surface area contributed by atoms with Crippen molar-refractivity contribution in [1.82, 2.24) is 15.7 Å². The second kappa shape index (κ2) is 10.3. The lowest BCUT2D eigenvalue weighted by atomic mass is 10.2. The molecule has 0 spiro atoms. The van der Waals surface area contributed by atoms with Crippen LogP contribution in [0.5, 0.6) is 5.75 Å². The normalized spacial score (nSPS) is 12.4. The summed E-state index contributed by atoms with van der Waals surface area (Å²) in [7, 11) is 0. The lowest BCUT2D eigenvalue weighted by molar-refractivity contribution is 0.0804. The molecule has 11 heteroatoms. The van der Waals surface area contributed by atoms with Gasteiger partial charge in [-0.2, -0.15) is 5.10 Å².